The number of aromatic nitrogens is 2. The summed E-state index contributed by atoms with van der Waals surface area (Å²) < 4.78 is 0. The second-order valence-corrected chi connectivity index (χ2v) is 4.80. The lowest BCUT2D eigenvalue weighted by molar-refractivity contribution is 0.448. The maximum absolute atomic E-state index is 3.98. The molecule has 0 saturated carbocycles. The molecule has 0 atom stereocenters. The molecule has 0 aromatic carbocycles. The van der Waals surface area contributed by atoms with Gasteiger partial charge in [-0.25, -0.2) is 0 Å². The van der Waals surface area contributed by atoms with Crippen LogP contribution in [0.15, 0.2) is 0 Å². The van der Waals surface area contributed by atoms with Gasteiger partial charge in [-0.15, -0.1) is 10.2 Å². The van der Waals surface area contributed by atoms with Crippen LogP contribution < -0.4 is 10.6 Å². The van der Waals surface area contributed by atoms with Crippen LogP contribution in [-0.4, -0.2) is 29.3 Å². The van der Waals surface area contributed by atoms with E-state index in [1.807, 2.05) is 14.0 Å². The van der Waals surface area contributed by atoms with Crippen molar-refractivity contribution < 1.29 is 0 Å². The Balaban J connectivity index is 2.43. The van der Waals surface area contributed by atoms with Crippen LogP contribution in [-0.2, 0) is 0 Å². The summed E-state index contributed by atoms with van der Waals surface area (Å²) in [4.78, 5) is 0. The zero-order chi connectivity index (χ0) is 9.90. The molecule has 1 rings (SSSR count). The first-order chi connectivity index (χ1) is 6.03. The highest BCUT2D eigenvalue weighted by Crippen LogP contribution is 2.14. The number of anilines is 1. The lowest BCUT2D eigenvalue weighted by Crippen LogP contribution is -2.42. The summed E-state index contributed by atoms with van der Waals surface area (Å²) in [5.41, 5.74) is 0.0829. The fourth-order valence-electron chi connectivity index (χ4n) is 0.753. The first kappa shape index (κ1) is 10.4. The van der Waals surface area contributed by atoms with Crippen LogP contribution in [0.25, 0.3) is 0 Å². The van der Waals surface area contributed by atoms with Gasteiger partial charge in [0, 0.05) is 12.1 Å². The second kappa shape index (κ2) is 4.02. The highest BCUT2D eigenvalue weighted by Gasteiger charge is 2.14. The van der Waals surface area contributed by atoms with Crippen molar-refractivity contribution >= 4 is 16.5 Å². The quantitative estimate of drug-likeness (QED) is 0.768. The SMILES string of the molecule is CNC(C)(C)CNc1nnc(C)s1. The molecule has 5 heteroatoms. The van der Waals surface area contributed by atoms with E-state index in [0.29, 0.717) is 0 Å². The van der Waals surface area contributed by atoms with Crippen molar-refractivity contribution in [3.8, 4) is 0 Å². The maximum atomic E-state index is 3.98. The molecule has 0 aliphatic carbocycles. The smallest absolute Gasteiger partial charge is 0.205 e. The number of likely N-dealkylation sites (N-methyl/N-ethyl adjacent to an activating group) is 1. The van der Waals surface area contributed by atoms with E-state index >= 15 is 0 Å². The van der Waals surface area contributed by atoms with Crippen LogP contribution >= 0.6 is 11.3 Å². The third-order valence-corrected chi connectivity index (χ3v) is 2.68. The number of aryl methyl sites for hydroxylation is 1. The average Bonchev–Trinajstić information content (AvgIpc) is 2.48. The Kier molecular flexibility index (Phi) is 3.22. The lowest BCUT2D eigenvalue weighted by Gasteiger charge is -2.23. The van der Waals surface area contributed by atoms with Crippen molar-refractivity contribution in [3.63, 3.8) is 0 Å². The molecule has 4 nitrogen and oxygen atoms in total. The van der Waals surface area contributed by atoms with Gasteiger partial charge in [0.25, 0.3) is 0 Å². The van der Waals surface area contributed by atoms with Crippen LogP contribution in [0.4, 0.5) is 5.13 Å². The van der Waals surface area contributed by atoms with Crippen LogP contribution in [0.3, 0.4) is 0 Å². The minimum atomic E-state index is 0.0829. The third kappa shape index (κ3) is 3.28. The van der Waals surface area contributed by atoms with Crippen LogP contribution in [0.5, 0.6) is 0 Å². The molecule has 0 fully saturated rings. The van der Waals surface area contributed by atoms with Crippen LogP contribution in [0.2, 0.25) is 0 Å². The van der Waals surface area contributed by atoms with Crippen LogP contribution in [0, 0.1) is 6.92 Å². The van der Waals surface area contributed by atoms with Crippen molar-refractivity contribution in [2.24, 2.45) is 0 Å². The number of hydrogen-bond acceptors (Lipinski definition) is 5. The molecule has 74 valence electrons. The van der Waals surface area contributed by atoms with Gasteiger partial charge >= 0.3 is 0 Å². The summed E-state index contributed by atoms with van der Waals surface area (Å²) in [6.45, 7) is 7.06. The summed E-state index contributed by atoms with van der Waals surface area (Å²) in [6.07, 6.45) is 0. The van der Waals surface area contributed by atoms with E-state index in [0.717, 1.165) is 16.7 Å². The van der Waals surface area contributed by atoms with Crippen molar-refractivity contribution in [1.29, 1.82) is 0 Å². The van der Waals surface area contributed by atoms with Gasteiger partial charge in [-0.2, -0.15) is 0 Å². The van der Waals surface area contributed by atoms with E-state index in [2.05, 4.69) is 34.7 Å². The molecule has 0 saturated heterocycles. The zero-order valence-corrected chi connectivity index (χ0v) is 9.33. The van der Waals surface area contributed by atoms with Crippen molar-refractivity contribution in [2.45, 2.75) is 26.3 Å². The van der Waals surface area contributed by atoms with Gasteiger partial charge in [-0.3, -0.25) is 0 Å². The van der Waals surface area contributed by atoms with Crippen LogP contribution in [0.1, 0.15) is 18.9 Å². The molecule has 0 unspecified atom stereocenters. The van der Waals surface area contributed by atoms with Gasteiger partial charge in [-0.05, 0) is 27.8 Å². The summed E-state index contributed by atoms with van der Waals surface area (Å²) in [5.74, 6) is 0. The van der Waals surface area contributed by atoms with E-state index in [1.54, 1.807) is 11.3 Å². The fourth-order valence-corrected chi connectivity index (χ4v) is 1.34. The molecule has 0 bridgehead atoms. The predicted molar refractivity (Wildman–Crippen MR) is 56.3 cm³/mol. The topological polar surface area (TPSA) is 49.8 Å². The minimum Gasteiger partial charge on any atom is -0.358 e. The van der Waals surface area contributed by atoms with E-state index in [1.165, 1.54) is 0 Å². The molecular weight excluding hydrogens is 184 g/mol. The van der Waals surface area contributed by atoms with Crippen molar-refractivity contribution in [3.05, 3.63) is 5.01 Å². The summed E-state index contributed by atoms with van der Waals surface area (Å²) >= 11 is 1.58. The molecule has 0 spiro atoms. The number of hydrogen-bond donors (Lipinski definition) is 2. The molecule has 2 N–H and O–H groups in total. The Morgan fingerprint density at radius 3 is 2.54 bits per heavy atom. The third-order valence-electron chi connectivity index (χ3n) is 1.88. The second-order valence-electron chi connectivity index (χ2n) is 3.61. The Hall–Kier alpha value is -0.680. The van der Waals surface area contributed by atoms with Gasteiger partial charge < -0.3 is 10.6 Å². The van der Waals surface area contributed by atoms with Crippen molar-refractivity contribution in [1.82, 2.24) is 15.5 Å². The van der Waals surface area contributed by atoms with Gasteiger partial charge in [0.05, 0.1) is 0 Å². The summed E-state index contributed by atoms with van der Waals surface area (Å²) in [5, 5.41) is 16.2. The Bertz CT molecular complexity index is 269. The first-order valence-corrected chi connectivity index (χ1v) is 5.08. The normalized spacial score (nSPS) is 11.7. The number of nitrogens with one attached hydrogen (secondary N) is 2. The van der Waals surface area contributed by atoms with E-state index in [4.69, 9.17) is 0 Å². The number of nitrogens with zero attached hydrogens (tertiary/aromatic N) is 2. The fraction of sp³-hybridized carbons (Fsp3) is 0.750. The van der Waals surface area contributed by atoms with Gasteiger partial charge in [0.1, 0.15) is 5.01 Å². The van der Waals surface area contributed by atoms with E-state index in [-0.39, 0.29) is 5.54 Å². The monoisotopic (exact) mass is 200 g/mol. The molecule has 1 aromatic heterocycles. The Morgan fingerprint density at radius 2 is 2.08 bits per heavy atom. The standard InChI is InChI=1S/C8H16N4S/c1-6-11-12-7(13-6)10-5-8(2,3)9-4/h9H,5H2,1-4H3,(H,10,12). The Morgan fingerprint density at radius 1 is 1.38 bits per heavy atom. The molecule has 1 aromatic rings. The molecule has 0 aliphatic rings. The minimum absolute atomic E-state index is 0.0829. The van der Waals surface area contributed by atoms with E-state index < -0.39 is 0 Å². The average molecular weight is 200 g/mol. The molecule has 0 radical (unpaired) electrons. The van der Waals surface area contributed by atoms with E-state index in [9.17, 15) is 0 Å². The molecule has 13 heavy (non-hydrogen) atoms. The van der Waals surface area contributed by atoms with Crippen molar-refractivity contribution in [2.75, 3.05) is 18.9 Å². The van der Waals surface area contributed by atoms with Gasteiger partial charge in [0.15, 0.2) is 0 Å². The maximum Gasteiger partial charge on any atom is 0.205 e. The molecule has 0 amide bonds. The number of rotatable bonds is 4. The summed E-state index contributed by atoms with van der Waals surface area (Å²) in [6, 6.07) is 0. The lowest BCUT2D eigenvalue weighted by atomic mass is 10.1. The highest BCUT2D eigenvalue weighted by atomic mass is 32.1. The highest BCUT2D eigenvalue weighted by molar-refractivity contribution is 7.15. The zero-order valence-electron chi connectivity index (χ0n) is 8.51. The molecular formula is C8H16N4S. The molecule has 1 heterocycles. The first-order valence-electron chi connectivity index (χ1n) is 4.26. The van der Waals surface area contributed by atoms with Gasteiger partial charge in [0.2, 0.25) is 5.13 Å². The summed E-state index contributed by atoms with van der Waals surface area (Å²) in [7, 11) is 1.95. The molecule has 0 aliphatic heterocycles. The Labute approximate surface area is 82.8 Å². The predicted octanol–water partition coefficient (Wildman–Crippen LogP) is 1.26. The largest absolute Gasteiger partial charge is 0.358 e. The van der Waals surface area contributed by atoms with Gasteiger partial charge in [-0.1, -0.05) is 11.3 Å².